The van der Waals surface area contributed by atoms with E-state index >= 15 is 0 Å². The lowest BCUT2D eigenvalue weighted by atomic mass is 10.5. The van der Waals surface area contributed by atoms with Crippen LogP contribution < -0.4 is 5.73 Å². The second kappa shape index (κ2) is 12.0. The maximum atomic E-state index is 5.71. The predicted molar refractivity (Wildman–Crippen MR) is 104 cm³/mol. The molecule has 3 aromatic heterocycles. The molecule has 0 amide bonds. The molecule has 0 fully saturated rings. The van der Waals surface area contributed by atoms with Gasteiger partial charge in [-0.25, -0.2) is 19.9 Å². The molecule has 0 bridgehead atoms. The van der Waals surface area contributed by atoms with Crippen LogP contribution in [0, 0.1) is 0 Å². The van der Waals surface area contributed by atoms with Crippen molar-refractivity contribution in [3.05, 3.63) is 47.5 Å². The van der Waals surface area contributed by atoms with Gasteiger partial charge in [-0.05, 0) is 49.2 Å². The first kappa shape index (κ1) is 21.6. The standard InChI is InChI=1S/C6H4ClN3.C5H11BrO.C4H4ClN3/c7-6-9-2-1-5-8-3-4-10(5)6;1-3-7-5(2)4-6;5-4-7-2-1-3(6)8-4/h1-4H;5H,3-4H2,1-2H3;1-2H,(H2,6,7,8). The van der Waals surface area contributed by atoms with Gasteiger partial charge in [0.15, 0.2) is 0 Å². The van der Waals surface area contributed by atoms with Gasteiger partial charge in [0.1, 0.15) is 11.5 Å². The molecule has 0 aliphatic rings. The van der Waals surface area contributed by atoms with E-state index in [-0.39, 0.29) is 5.28 Å². The number of nitrogen functional groups attached to an aromatic ring is 1. The number of hydrogen-bond donors (Lipinski definition) is 1. The van der Waals surface area contributed by atoms with Crippen molar-refractivity contribution in [3.63, 3.8) is 0 Å². The topological polar surface area (TPSA) is 91.2 Å². The van der Waals surface area contributed by atoms with Crippen molar-refractivity contribution in [1.29, 1.82) is 0 Å². The van der Waals surface area contributed by atoms with Gasteiger partial charge in [-0.15, -0.1) is 0 Å². The monoisotopic (exact) mass is 448 g/mol. The molecule has 0 spiro atoms. The summed E-state index contributed by atoms with van der Waals surface area (Å²) < 4.78 is 6.85. The van der Waals surface area contributed by atoms with Crippen molar-refractivity contribution in [2.24, 2.45) is 0 Å². The molecule has 3 heterocycles. The zero-order valence-corrected chi connectivity index (χ0v) is 16.9. The van der Waals surface area contributed by atoms with Gasteiger partial charge in [0.05, 0.1) is 6.10 Å². The number of ether oxygens (including phenoxy) is 1. The minimum atomic E-state index is 0.185. The first-order valence-corrected chi connectivity index (χ1v) is 9.20. The van der Waals surface area contributed by atoms with Gasteiger partial charge >= 0.3 is 0 Å². The van der Waals surface area contributed by atoms with Crippen LogP contribution in [0.3, 0.4) is 0 Å². The fourth-order valence-corrected chi connectivity index (χ4v) is 2.04. The van der Waals surface area contributed by atoms with Gasteiger partial charge in [-0.3, -0.25) is 4.40 Å². The summed E-state index contributed by atoms with van der Waals surface area (Å²) in [5, 5.41) is 1.56. The van der Waals surface area contributed by atoms with E-state index < -0.39 is 0 Å². The van der Waals surface area contributed by atoms with E-state index in [2.05, 4.69) is 35.9 Å². The highest BCUT2D eigenvalue weighted by Crippen LogP contribution is 2.06. The number of halogens is 3. The zero-order chi connectivity index (χ0) is 18.7. The molecule has 0 aromatic carbocycles. The summed E-state index contributed by atoms with van der Waals surface area (Å²) in [6, 6.07) is 3.37. The van der Waals surface area contributed by atoms with Crippen LogP contribution in [0.5, 0.6) is 0 Å². The van der Waals surface area contributed by atoms with E-state index in [0.29, 0.717) is 17.2 Å². The van der Waals surface area contributed by atoms with Gasteiger partial charge in [0, 0.05) is 36.7 Å². The van der Waals surface area contributed by atoms with Crippen molar-refractivity contribution in [3.8, 4) is 0 Å². The maximum Gasteiger partial charge on any atom is 0.224 e. The Labute approximate surface area is 164 Å². The Bertz CT molecular complexity index is 740. The number of anilines is 1. The van der Waals surface area contributed by atoms with Gasteiger partial charge in [-0.1, -0.05) is 15.9 Å². The Morgan fingerprint density at radius 3 is 2.40 bits per heavy atom. The molecule has 0 saturated carbocycles. The lowest BCUT2D eigenvalue weighted by Crippen LogP contribution is -2.07. The fraction of sp³-hybridized carbons (Fsp3) is 0.333. The molecule has 3 rings (SSSR count). The summed E-state index contributed by atoms with van der Waals surface area (Å²) in [5.41, 5.74) is 6.04. The third-order valence-electron chi connectivity index (χ3n) is 2.59. The summed E-state index contributed by atoms with van der Waals surface area (Å²) >= 11 is 14.3. The predicted octanol–water partition coefficient (Wildman–Crippen LogP) is 3.90. The van der Waals surface area contributed by atoms with Crippen LogP contribution in [-0.2, 0) is 4.74 Å². The largest absolute Gasteiger partial charge is 0.384 e. The van der Waals surface area contributed by atoms with Crippen LogP contribution in [0.1, 0.15) is 13.8 Å². The van der Waals surface area contributed by atoms with Gasteiger partial charge in [-0.2, -0.15) is 0 Å². The summed E-state index contributed by atoms with van der Waals surface area (Å²) in [6.45, 7) is 4.85. The van der Waals surface area contributed by atoms with Gasteiger partial charge in [0.2, 0.25) is 10.6 Å². The Kier molecular flexibility index (Phi) is 10.3. The molecule has 0 aliphatic carbocycles. The highest BCUT2D eigenvalue weighted by Gasteiger charge is 1.95. The number of imidazole rings is 1. The van der Waals surface area contributed by atoms with Crippen molar-refractivity contribution in [1.82, 2.24) is 24.3 Å². The smallest absolute Gasteiger partial charge is 0.224 e. The SMILES string of the molecule is CCOC(C)CBr.Clc1nccc2nccn12.Nc1ccnc(Cl)n1. The Morgan fingerprint density at radius 1 is 1.20 bits per heavy atom. The van der Waals surface area contributed by atoms with E-state index in [1.807, 2.05) is 13.8 Å². The number of fused-ring (bicyclic) bond motifs is 1. The quantitative estimate of drug-likeness (QED) is 0.481. The lowest BCUT2D eigenvalue weighted by molar-refractivity contribution is 0.0940. The van der Waals surface area contributed by atoms with Gasteiger partial charge < -0.3 is 10.5 Å². The molecule has 3 aromatic rings. The maximum absolute atomic E-state index is 5.71. The molecule has 1 atom stereocenters. The van der Waals surface area contributed by atoms with Crippen LogP contribution in [0.15, 0.2) is 36.9 Å². The molecule has 25 heavy (non-hydrogen) atoms. The lowest BCUT2D eigenvalue weighted by Gasteiger charge is -2.04. The van der Waals surface area contributed by atoms with Crippen LogP contribution >= 0.6 is 39.1 Å². The average Bonchev–Trinajstić information content (AvgIpc) is 3.06. The number of nitrogens with two attached hydrogens (primary N) is 1. The molecule has 136 valence electrons. The van der Waals surface area contributed by atoms with E-state index in [1.54, 1.807) is 35.1 Å². The Morgan fingerprint density at radius 2 is 1.92 bits per heavy atom. The van der Waals surface area contributed by atoms with Crippen LogP contribution in [-0.4, -0.2) is 42.4 Å². The van der Waals surface area contributed by atoms with E-state index in [1.165, 1.54) is 6.20 Å². The number of rotatable bonds is 3. The van der Waals surface area contributed by atoms with E-state index in [9.17, 15) is 0 Å². The number of aromatic nitrogens is 5. The summed E-state index contributed by atoms with van der Waals surface area (Å²) in [7, 11) is 0. The molecule has 0 aliphatic heterocycles. The molecule has 0 saturated heterocycles. The number of nitrogens with zero attached hydrogens (tertiary/aromatic N) is 5. The first-order chi connectivity index (χ1) is 12.0. The molecule has 2 N–H and O–H groups in total. The highest BCUT2D eigenvalue weighted by molar-refractivity contribution is 9.09. The van der Waals surface area contributed by atoms with E-state index in [0.717, 1.165) is 17.6 Å². The highest BCUT2D eigenvalue weighted by atomic mass is 79.9. The molecule has 0 radical (unpaired) electrons. The third kappa shape index (κ3) is 8.44. The Hall–Kier alpha value is -1.48. The fourth-order valence-electron chi connectivity index (χ4n) is 1.50. The van der Waals surface area contributed by atoms with Crippen molar-refractivity contribution < 1.29 is 4.74 Å². The number of hydrogen-bond acceptors (Lipinski definition) is 6. The summed E-state index contributed by atoms with van der Waals surface area (Å²) in [6.07, 6.45) is 6.95. The molecule has 1 unspecified atom stereocenters. The van der Waals surface area contributed by atoms with Crippen molar-refractivity contribution >= 4 is 50.6 Å². The molecule has 7 nitrogen and oxygen atoms in total. The Balaban J connectivity index is 0.000000192. The molecular weight excluding hydrogens is 431 g/mol. The minimum absolute atomic E-state index is 0.185. The molecule has 10 heteroatoms. The third-order valence-corrected chi connectivity index (χ3v) is 3.96. The zero-order valence-electron chi connectivity index (χ0n) is 13.8. The first-order valence-electron chi connectivity index (χ1n) is 7.33. The van der Waals surface area contributed by atoms with Crippen LogP contribution in [0.25, 0.3) is 5.65 Å². The summed E-state index contributed by atoms with van der Waals surface area (Å²) in [5.74, 6) is 0.394. The van der Waals surface area contributed by atoms with Crippen LogP contribution in [0.4, 0.5) is 5.82 Å². The van der Waals surface area contributed by atoms with Crippen molar-refractivity contribution in [2.45, 2.75) is 20.0 Å². The minimum Gasteiger partial charge on any atom is -0.384 e. The van der Waals surface area contributed by atoms with Gasteiger partial charge in [0.25, 0.3) is 0 Å². The van der Waals surface area contributed by atoms with Crippen molar-refractivity contribution in [2.75, 3.05) is 17.7 Å². The van der Waals surface area contributed by atoms with E-state index in [4.69, 9.17) is 33.7 Å². The second-order valence-electron chi connectivity index (χ2n) is 4.54. The number of alkyl halides is 1. The molecular formula is C15H19BrCl2N6O. The normalized spacial score (nSPS) is 11.1. The second-order valence-corrected chi connectivity index (χ2v) is 5.86. The van der Waals surface area contributed by atoms with Crippen LogP contribution in [0.2, 0.25) is 10.6 Å². The summed E-state index contributed by atoms with van der Waals surface area (Å²) in [4.78, 5) is 15.1. The average molecular weight is 450 g/mol.